The van der Waals surface area contributed by atoms with Crippen LogP contribution < -0.4 is 11.1 Å². The van der Waals surface area contributed by atoms with Gasteiger partial charge in [-0.25, -0.2) is 9.97 Å². The lowest BCUT2D eigenvalue weighted by Gasteiger charge is -2.13. The summed E-state index contributed by atoms with van der Waals surface area (Å²) in [6.45, 7) is 5.35. The summed E-state index contributed by atoms with van der Waals surface area (Å²) in [5.41, 5.74) is 5.54. The van der Waals surface area contributed by atoms with Crippen molar-refractivity contribution in [3.8, 4) is 0 Å². The molecule has 1 rings (SSSR count). The molecular weight excluding hydrogens is 176 g/mol. The highest BCUT2D eigenvalue weighted by atomic mass is 15.0. The highest BCUT2D eigenvalue weighted by molar-refractivity contribution is 5.43. The lowest BCUT2D eigenvalue weighted by Crippen LogP contribution is -2.13. The molecule has 1 aromatic heterocycles. The first kappa shape index (κ1) is 10.8. The Bertz CT molecular complexity index is 271. The van der Waals surface area contributed by atoms with Crippen molar-refractivity contribution in [2.24, 2.45) is 5.92 Å². The van der Waals surface area contributed by atoms with E-state index in [1.54, 1.807) is 6.07 Å². The third-order valence-electron chi connectivity index (χ3n) is 2.41. The SMILES string of the molecule is CCC(CC)CNc1cc(N)ncn1. The predicted octanol–water partition coefficient (Wildman–Crippen LogP) is 1.91. The van der Waals surface area contributed by atoms with Crippen LogP contribution >= 0.6 is 0 Å². The number of nitrogen functional groups attached to an aromatic ring is 1. The first-order chi connectivity index (χ1) is 6.76. The van der Waals surface area contributed by atoms with Gasteiger partial charge >= 0.3 is 0 Å². The highest BCUT2D eigenvalue weighted by Crippen LogP contribution is 2.10. The fourth-order valence-corrected chi connectivity index (χ4v) is 1.30. The van der Waals surface area contributed by atoms with Crippen molar-refractivity contribution in [3.05, 3.63) is 12.4 Å². The minimum Gasteiger partial charge on any atom is -0.384 e. The van der Waals surface area contributed by atoms with Crippen molar-refractivity contribution >= 4 is 11.6 Å². The smallest absolute Gasteiger partial charge is 0.131 e. The Kier molecular flexibility index (Phi) is 4.16. The fraction of sp³-hybridized carbons (Fsp3) is 0.600. The van der Waals surface area contributed by atoms with Crippen LogP contribution in [0.25, 0.3) is 0 Å². The van der Waals surface area contributed by atoms with Crippen molar-refractivity contribution < 1.29 is 0 Å². The average Bonchev–Trinajstić information content (AvgIpc) is 2.19. The van der Waals surface area contributed by atoms with Crippen LogP contribution in [0.2, 0.25) is 0 Å². The Morgan fingerprint density at radius 3 is 2.64 bits per heavy atom. The summed E-state index contributed by atoms with van der Waals surface area (Å²) in [7, 11) is 0. The molecule has 0 saturated carbocycles. The summed E-state index contributed by atoms with van der Waals surface area (Å²) >= 11 is 0. The number of hydrogen-bond donors (Lipinski definition) is 2. The van der Waals surface area contributed by atoms with E-state index in [0.29, 0.717) is 11.7 Å². The Morgan fingerprint density at radius 2 is 2.07 bits per heavy atom. The molecule has 0 atom stereocenters. The zero-order chi connectivity index (χ0) is 10.4. The van der Waals surface area contributed by atoms with Gasteiger partial charge in [0.25, 0.3) is 0 Å². The molecule has 1 aromatic rings. The van der Waals surface area contributed by atoms with E-state index in [4.69, 9.17) is 5.73 Å². The molecule has 14 heavy (non-hydrogen) atoms. The molecule has 0 bridgehead atoms. The Balaban J connectivity index is 2.44. The standard InChI is InChI=1S/C10H18N4/c1-3-8(4-2)6-12-10-5-9(11)13-7-14-10/h5,7-8H,3-4,6H2,1-2H3,(H3,11,12,13,14). The minimum absolute atomic E-state index is 0.507. The van der Waals surface area contributed by atoms with Crippen LogP contribution in [-0.2, 0) is 0 Å². The van der Waals surface area contributed by atoms with E-state index in [0.717, 1.165) is 12.4 Å². The van der Waals surface area contributed by atoms with Crippen LogP contribution in [0.1, 0.15) is 26.7 Å². The number of nitrogens with zero attached hydrogens (tertiary/aromatic N) is 2. The third kappa shape index (κ3) is 3.20. The molecule has 1 heterocycles. The number of hydrogen-bond acceptors (Lipinski definition) is 4. The van der Waals surface area contributed by atoms with Crippen LogP contribution in [-0.4, -0.2) is 16.5 Å². The summed E-state index contributed by atoms with van der Waals surface area (Å²) in [5.74, 6) is 2.02. The summed E-state index contributed by atoms with van der Waals surface area (Å²) in [4.78, 5) is 7.91. The molecule has 0 aliphatic rings. The predicted molar refractivity (Wildman–Crippen MR) is 59.0 cm³/mol. The summed E-state index contributed by atoms with van der Waals surface area (Å²) in [5, 5.41) is 3.26. The van der Waals surface area contributed by atoms with Gasteiger partial charge in [0.15, 0.2) is 0 Å². The maximum atomic E-state index is 5.54. The van der Waals surface area contributed by atoms with Gasteiger partial charge in [-0.3, -0.25) is 0 Å². The molecule has 0 saturated heterocycles. The van der Waals surface area contributed by atoms with Crippen LogP contribution in [0.4, 0.5) is 11.6 Å². The van der Waals surface area contributed by atoms with E-state index in [2.05, 4.69) is 29.1 Å². The second kappa shape index (κ2) is 5.42. The molecule has 0 aromatic carbocycles. The monoisotopic (exact) mass is 194 g/mol. The van der Waals surface area contributed by atoms with E-state index in [1.165, 1.54) is 19.2 Å². The van der Waals surface area contributed by atoms with Crippen molar-refractivity contribution in [2.75, 3.05) is 17.6 Å². The molecule has 0 aliphatic carbocycles. The molecule has 3 N–H and O–H groups in total. The van der Waals surface area contributed by atoms with Gasteiger partial charge in [0.05, 0.1) is 0 Å². The minimum atomic E-state index is 0.507. The number of rotatable bonds is 5. The van der Waals surface area contributed by atoms with Crippen LogP contribution in [0, 0.1) is 5.92 Å². The summed E-state index contributed by atoms with van der Waals surface area (Å²) < 4.78 is 0. The molecule has 0 unspecified atom stereocenters. The van der Waals surface area contributed by atoms with Gasteiger partial charge in [0.2, 0.25) is 0 Å². The van der Waals surface area contributed by atoms with Crippen LogP contribution in [0.5, 0.6) is 0 Å². The maximum Gasteiger partial charge on any atom is 0.131 e. The lowest BCUT2D eigenvalue weighted by atomic mass is 10.0. The third-order valence-corrected chi connectivity index (χ3v) is 2.41. The Labute approximate surface area is 85.0 Å². The van der Waals surface area contributed by atoms with Gasteiger partial charge in [0, 0.05) is 12.6 Å². The number of nitrogens with one attached hydrogen (secondary N) is 1. The molecule has 0 aliphatic heterocycles. The molecule has 0 radical (unpaired) electrons. The highest BCUT2D eigenvalue weighted by Gasteiger charge is 2.03. The summed E-state index contributed by atoms with van der Waals surface area (Å²) in [6.07, 6.45) is 3.85. The van der Waals surface area contributed by atoms with E-state index in [-0.39, 0.29) is 0 Å². The van der Waals surface area contributed by atoms with E-state index < -0.39 is 0 Å². The molecule has 0 spiro atoms. The topological polar surface area (TPSA) is 63.8 Å². The number of anilines is 2. The van der Waals surface area contributed by atoms with Gasteiger partial charge in [-0.15, -0.1) is 0 Å². The molecule has 78 valence electrons. The second-order valence-corrected chi connectivity index (χ2v) is 3.39. The fourth-order valence-electron chi connectivity index (χ4n) is 1.30. The number of nitrogens with two attached hydrogens (primary N) is 1. The van der Waals surface area contributed by atoms with Gasteiger partial charge in [-0.2, -0.15) is 0 Å². The van der Waals surface area contributed by atoms with Crippen molar-refractivity contribution in [1.82, 2.24) is 9.97 Å². The van der Waals surface area contributed by atoms with Gasteiger partial charge < -0.3 is 11.1 Å². The normalized spacial score (nSPS) is 10.5. The van der Waals surface area contributed by atoms with E-state index >= 15 is 0 Å². The second-order valence-electron chi connectivity index (χ2n) is 3.39. The maximum absolute atomic E-state index is 5.54. The zero-order valence-corrected chi connectivity index (χ0v) is 8.83. The molecule has 4 heteroatoms. The summed E-state index contributed by atoms with van der Waals surface area (Å²) in [6, 6.07) is 1.75. The largest absolute Gasteiger partial charge is 0.384 e. The molecule has 0 fully saturated rings. The van der Waals surface area contributed by atoms with Crippen LogP contribution in [0.15, 0.2) is 12.4 Å². The Morgan fingerprint density at radius 1 is 1.36 bits per heavy atom. The Hall–Kier alpha value is -1.32. The van der Waals surface area contributed by atoms with Gasteiger partial charge in [-0.05, 0) is 5.92 Å². The zero-order valence-electron chi connectivity index (χ0n) is 8.83. The van der Waals surface area contributed by atoms with Crippen molar-refractivity contribution in [1.29, 1.82) is 0 Å². The van der Waals surface area contributed by atoms with Gasteiger partial charge in [-0.1, -0.05) is 26.7 Å². The van der Waals surface area contributed by atoms with Crippen LogP contribution in [0.3, 0.4) is 0 Å². The van der Waals surface area contributed by atoms with Gasteiger partial charge in [0.1, 0.15) is 18.0 Å². The quantitative estimate of drug-likeness (QED) is 0.751. The lowest BCUT2D eigenvalue weighted by molar-refractivity contribution is 0.518. The average molecular weight is 194 g/mol. The van der Waals surface area contributed by atoms with E-state index in [1.807, 2.05) is 0 Å². The number of aromatic nitrogens is 2. The molecule has 0 amide bonds. The van der Waals surface area contributed by atoms with E-state index in [9.17, 15) is 0 Å². The first-order valence-electron chi connectivity index (χ1n) is 5.07. The molecular formula is C10H18N4. The van der Waals surface area contributed by atoms with Crippen molar-refractivity contribution in [3.63, 3.8) is 0 Å². The van der Waals surface area contributed by atoms with Crippen molar-refractivity contribution in [2.45, 2.75) is 26.7 Å². The molecule has 4 nitrogen and oxygen atoms in total. The first-order valence-corrected chi connectivity index (χ1v) is 5.07.